The highest BCUT2D eigenvalue weighted by Crippen LogP contribution is 2.36. The van der Waals surface area contributed by atoms with Crippen LogP contribution < -0.4 is 10.4 Å². The van der Waals surface area contributed by atoms with Crippen LogP contribution in [0.15, 0.2) is 99.2 Å². The van der Waals surface area contributed by atoms with E-state index in [0.717, 1.165) is 24.2 Å². The van der Waals surface area contributed by atoms with Gasteiger partial charge in [0.1, 0.15) is 0 Å². The molecule has 0 radical (unpaired) electrons. The van der Waals surface area contributed by atoms with Gasteiger partial charge in [-0.05, 0) is 80.7 Å². The van der Waals surface area contributed by atoms with E-state index in [4.69, 9.17) is 8.85 Å². The van der Waals surface area contributed by atoms with Crippen molar-refractivity contribution in [2.24, 2.45) is 0 Å². The minimum atomic E-state index is -2.33. The first-order valence-electron chi connectivity index (χ1n) is 13.0. The van der Waals surface area contributed by atoms with Crippen LogP contribution in [0.3, 0.4) is 0 Å². The number of hydrogen-bond acceptors (Lipinski definition) is 2. The van der Waals surface area contributed by atoms with Gasteiger partial charge < -0.3 is 8.85 Å². The molecule has 0 heterocycles. The van der Waals surface area contributed by atoms with Crippen LogP contribution in [-0.4, -0.2) is 29.8 Å². The molecule has 0 unspecified atom stereocenters. The van der Waals surface area contributed by atoms with Crippen LogP contribution in [0.2, 0.25) is 24.2 Å². The fourth-order valence-electron chi connectivity index (χ4n) is 6.08. The molecule has 186 valence electrons. The monoisotopic (exact) mass is 510 g/mol. The van der Waals surface area contributed by atoms with Gasteiger partial charge in [0.15, 0.2) is 0 Å². The zero-order valence-electron chi connectivity index (χ0n) is 21.8. The summed E-state index contributed by atoms with van der Waals surface area (Å²) in [6.07, 6.45) is 8.09. The third-order valence-electron chi connectivity index (χ3n) is 7.38. The minimum Gasteiger partial charge on any atom is -0.412 e. The highest BCUT2D eigenvalue weighted by Gasteiger charge is 2.38. The second-order valence-corrected chi connectivity index (χ2v) is 16.7. The Kier molecular flexibility index (Phi) is 8.11. The summed E-state index contributed by atoms with van der Waals surface area (Å²) in [6, 6.07) is 21.7. The highest BCUT2D eigenvalue weighted by molar-refractivity contribution is 6.90. The van der Waals surface area contributed by atoms with Gasteiger partial charge in [-0.1, -0.05) is 72.8 Å². The fraction of sp³-hybridized carbons (Fsp3) is 0.250. The van der Waals surface area contributed by atoms with E-state index in [9.17, 15) is 0 Å². The van der Waals surface area contributed by atoms with Gasteiger partial charge in [-0.3, -0.25) is 0 Å². The summed E-state index contributed by atoms with van der Waals surface area (Å²) in [5.74, 6) is 0. The number of hydrogen-bond donors (Lipinski definition) is 0. The van der Waals surface area contributed by atoms with Gasteiger partial charge in [0, 0.05) is 13.2 Å². The molecule has 4 heteroatoms. The molecule has 36 heavy (non-hydrogen) atoms. The first-order chi connectivity index (χ1) is 17.5. The van der Waals surface area contributed by atoms with Gasteiger partial charge in [0.05, 0.1) is 0 Å². The van der Waals surface area contributed by atoms with Crippen LogP contribution in [0.5, 0.6) is 0 Å². The molecule has 0 fully saturated rings. The van der Waals surface area contributed by atoms with Crippen molar-refractivity contribution in [2.75, 3.05) is 13.2 Å². The summed E-state index contributed by atoms with van der Waals surface area (Å²) in [4.78, 5) is 0. The first-order valence-corrected chi connectivity index (χ1v) is 17.6. The van der Waals surface area contributed by atoms with E-state index in [2.05, 4.69) is 88.7 Å². The quantitative estimate of drug-likeness (QED) is 0.0982. The summed E-state index contributed by atoms with van der Waals surface area (Å²) >= 11 is 0. The molecule has 2 nitrogen and oxygen atoms in total. The molecule has 0 aliphatic carbocycles. The normalized spacial score (nSPS) is 12.4. The topological polar surface area (TPSA) is 18.5 Å². The van der Waals surface area contributed by atoms with Crippen LogP contribution in [-0.2, 0) is 8.85 Å². The maximum absolute atomic E-state index is 6.62. The fourth-order valence-corrected chi connectivity index (χ4v) is 13.2. The summed E-state index contributed by atoms with van der Waals surface area (Å²) in [5, 5.41) is 10.4. The maximum atomic E-state index is 6.62. The van der Waals surface area contributed by atoms with Crippen molar-refractivity contribution < 1.29 is 8.85 Å². The van der Waals surface area contributed by atoms with Gasteiger partial charge in [-0.2, -0.15) is 0 Å². The Labute approximate surface area is 218 Å². The zero-order valence-corrected chi connectivity index (χ0v) is 23.8. The van der Waals surface area contributed by atoms with Crippen LogP contribution in [0.4, 0.5) is 0 Å². The molecule has 0 N–H and O–H groups in total. The molecule has 0 saturated carbocycles. The van der Waals surface area contributed by atoms with Crippen molar-refractivity contribution in [3.63, 3.8) is 0 Å². The Bertz CT molecular complexity index is 1280. The van der Waals surface area contributed by atoms with Crippen molar-refractivity contribution in [2.45, 2.75) is 38.0 Å². The molecule has 0 aliphatic rings. The van der Waals surface area contributed by atoms with Crippen molar-refractivity contribution in [1.29, 1.82) is 0 Å². The Morgan fingerprint density at radius 2 is 0.889 bits per heavy atom. The van der Waals surface area contributed by atoms with Crippen molar-refractivity contribution in [1.82, 2.24) is 0 Å². The lowest BCUT2D eigenvalue weighted by Gasteiger charge is -2.33. The van der Waals surface area contributed by atoms with Crippen LogP contribution >= 0.6 is 0 Å². The van der Waals surface area contributed by atoms with Crippen molar-refractivity contribution in [3.05, 3.63) is 99.2 Å². The standard InChI is InChI=1S/C32H38O2Si2/c1-7-21-35(22-8-2,33-11-5)29-19-15-25-14-18-28-30(36(23-9-3,24-10-4)34-12-6)20-16-26-13-17-27(29)31(25)32(26)28/h7-10,13-20H,1-4,11-12,21-24H2,5-6H3. The third-order valence-corrected chi connectivity index (χ3v) is 15.7. The summed E-state index contributed by atoms with van der Waals surface area (Å²) < 4.78 is 13.2. The molecule has 0 aliphatic heterocycles. The Balaban J connectivity index is 2.11. The molecule has 4 aromatic carbocycles. The van der Waals surface area contributed by atoms with E-state index in [1.165, 1.54) is 42.7 Å². The van der Waals surface area contributed by atoms with Gasteiger partial charge in [-0.15, -0.1) is 26.3 Å². The SMILES string of the molecule is C=CC[Si](CC=C)(OCC)c1ccc2ccc3c([Si](CC=C)(CC=C)OCC)ccc4ccc1c2c43. The minimum absolute atomic E-state index is 0.686. The molecule has 0 bridgehead atoms. The highest BCUT2D eigenvalue weighted by atomic mass is 28.4. The predicted octanol–water partition coefficient (Wildman–Crippen LogP) is 7.71. The van der Waals surface area contributed by atoms with E-state index < -0.39 is 16.6 Å². The summed E-state index contributed by atoms with van der Waals surface area (Å²) in [6.45, 7) is 21.9. The molecular formula is C32H38O2Si2. The largest absolute Gasteiger partial charge is 0.412 e. The number of rotatable bonds is 14. The molecule has 4 rings (SSSR count). The maximum Gasteiger partial charge on any atom is 0.232 e. The smallest absolute Gasteiger partial charge is 0.232 e. The lowest BCUT2D eigenvalue weighted by Crippen LogP contribution is -2.50. The van der Waals surface area contributed by atoms with Crippen LogP contribution in [0, 0.1) is 0 Å². The van der Waals surface area contributed by atoms with E-state index >= 15 is 0 Å². The van der Waals surface area contributed by atoms with E-state index in [-0.39, 0.29) is 0 Å². The van der Waals surface area contributed by atoms with Crippen molar-refractivity contribution >= 4 is 59.3 Å². The lowest BCUT2D eigenvalue weighted by molar-refractivity contribution is 0.333. The molecule has 0 atom stereocenters. The lowest BCUT2D eigenvalue weighted by atomic mass is 9.94. The van der Waals surface area contributed by atoms with E-state index in [1.54, 1.807) is 0 Å². The van der Waals surface area contributed by atoms with Crippen LogP contribution in [0.25, 0.3) is 32.3 Å². The Hall–Kier alpha value is -2.77. The van der Waals surface area contributed by atoms with Gasteiger partial charge in [0.25, 0.3) is 0 Å². The molecule has 0 amide bonds. The average molecular weight is 511 g/mol. The number of allylic oxidation sites excluding steroid dienone is 4. The Morgan fingerprint density at radius 3 is 1.19 bits per heavy atom. The second-order valence-electron chi connectivity index (χ2n) is 9.47. The van der Waals surface area contributed by atoms with Gasteiger partial charge in [-0.25, -0.2) is 0 Å². The Morgan fingerprint density at radius 1 is 0.556 bits per heavy atom. The van der Waals surface area contributed by atoms with E-state index in [0.29, 0.717) is 13.2 Å². The van der Waals surface area contributed by atoms with Crippen LogP contribution in [0.1, 0.15) is 13.8 Å². The number of benzene rings is 4. The average Bonchev–Trinajstić information content (AvgIpc) is 2.88. The molecule has 0 aromatic heterocycles. The third kappa shape index (κ3) is 4.33. The van der Waals surface area contributed by atoms with Crippen molar-refractivity contribution in [3.8, 4) is 0 Å². The predicted molar refractivity (Wildman–Crippen MR) is 164 cm³/mol. The van der Waals surface area contributed by atoms with Gasteiger partial charge in [0.2, 0.25) is 16.6 Å². The van der Waals surface area contributed by atoms with E-state index in [1.807, 2.05) is 24.3 Å². The molecule has 0 spiro atoms. The van der Waals surface area contributed by atoms with Gasteiger partial charge >= 0.3 is 0 Å². The summed E-state index contributed by atoms with van der Waals surface area (Å²) in [5.41, 5.74) is 0. The summed E-state index contributed by atoms with van der Waals surface area (Å²) in [7, 11) is -4.66. The zero-order chi connectivity index (χ0) is 25.8. The first kappa shape index (κ1) is 26.3. The molecular weight excluding hydrogens is 473 g/mol. The second kappa shape index (κ2) is 11.1. The molecule has 0 saturated heterocycles. The molecule has 4 aromatic rings.